The van der Waals surface area contributed by atoms with Crippen LogP contribution in [0, 0.1) is 11.8 Å². The number of hydrogen-bond acceptors (Lipinski definition) is 5. The van der Waals surface area contributed by atoms with E-state index in [1.165, 1.54) is 12.8 Å². The van der Waals surface area contributed by atoms with Crippen LogP contribution in [-0.4, -0.2) is 41.4 Å². The smallest absolute Gasteiger partial charge is 0.410 e. The van der Waals surface area contributed by atoms with Gasteiger partial charge in [0, 0.05) is 24.0 Å². The van der Waals surface area contributed by atoms with Crippen molar-refractivity contribution in [3.63, 3.8) is 0 Å². The lowest BCUT2D eigenvalue weighted by Crippen LogP contribution is -2.41. The molecule has 1 saturated carbocycles. The van der Waals surface area contributed by atoms with Crippen LogP contribution < -0.4 is 4.74 Å². The number of allylic oxidation sites excluding steroid dienone is 1. The van der Waals surface area contributed by atoms with E-state index in [4.69, 9.17) is 14.0 Å². The molecule has 0 spiro atoms. The van der Waals surface area contributed by atoms with Crippen LogP contribution in [0.5, 0.6) is 5.75 Å². The number of piperidine rings is 1. The third-order valence-electron chi connectivity index (χ3n) is 6.26. The minimum Gasteiger partial charge on any atom is -0.489 e. The van der Waals surface area contributed by atoms with Crippen LogP contribution in [0.25, 0.3) is 17.0 Å². The summed E-state index contributed by atoms with van der Waals surface area (Å²) in [7, 11) is 0. The van der Waals surface area contributed by atoms with E-state index < -0.39 is 5.60 Å². The number of benzene rings is 1. The number of nitrogens with zero attached hydrogens (tertiary/aromatic N) is 2. The maximum Gasteiger partial charge on any atom is 0.410 e. The monoisotopic (exact) mass is 440 g/mol. The van der Waals surface area contributed by atoms with Crippen LogP contribution in [0.15, 0.2) is 22.7 Å². The van der Waals surface area contributed by atoms with Crippen LogP contribution in [-0.2, 0) is 11.2 Å². The van der Waals surface area contributed by atoms with Crippen molar-refractivity contribution in [3.8, 4) is 5.75 Å². The average Bonchev–Trinajstić information content (AvgIpc) is 3.49. The molecule has 6 heteroatoms. The summed E-state index contributed by atoms with van der Waals surface area (Å²) in [5, 5.41) is 5.46. The van der Waals surface area contributed by atoms with Crippen molar-refractivity contribution in [3.05, 3.63) is 29.5 Å². The second kappa shape index (κ2) is 9.55. The fourth-order valence-electron chi connectivity index (χ4n) is 4.24. The van der Waals surface area contributed by atoms with Gasteiger partial charge in [0.1, 0.15) is 5.60 Å². The zero-order valence-corrected chi connectivity index (χ0v) is 19.9. The molecule has 1 aliphatic carbocycles. The van der Waals surface area contributed by atoms with Crippen LogP contribution >= 0.6 is 0 Å². The van der Waals surface area contributed by atoms with E-state index in [1.54, 1.807) is 0 Å². The molecule has 4 rings (SSSR count). The van der Waals surface area contributed by atoms with Gasteiger partial charge in [-0.25, -0.2) is 4.79 Å². The molecule has 1 aliphatic heterocycles. The molecule has 0 bridgehead atoms. The SMILES string of the molecule is C/C=C/c1ccc2c(CCC3CCN(C(=O)OC(C)(C)C)CC3)noc2c1OCC1CC1. The van der Waals surface area contributed by atoms with Gasteiger partial charge in [-0.3, -0.25) is 0 Å². The minimum absolute atomic E-state index is 0.200. The van der Waals surface area contributed by atoms with Gasteiger partial charge in [-0.1, -0.05) is 23.4 Å². The van der Waals surface area contributed by atoms with Crippen molar-refractivity contribution in [1.29, 1.82) is 0 Å². The van der Waals surface area contributed by atoms with E-state index in [9.17, 15) is 4.79 Å². The highest BCUT2D eigenvalue weighted by atomic mass is 16.6. The Labute approximate surface area is 190 Å². The number of fused-ring (bicyclic) bond motifs is 1. The predicted molar refractivity (Wildman–Crippen MR) is 126 cm³/mol. The predicted octanol–water partition coefficient (Wildman–Crippen LogP) is 6.23. The number of carbonyl (C=O) groups excluding carboxylic acids is 1. The molecule has 1 saturated heterocycles. The van der Waals surface area contributed by atoms with Gasteiger partial charge >= 0.3 is 6.09 Å². The van der Waals surface area contributed by atoms with Gasteiger partial charge in [0.15, 0.2) is 5.75 Å². The largest absolute Gasteiger partial charge is 0.489 e. The van der Waals surface area contributed by atoms with Gasteiger partial charge in [0.05, 0.1) is 12.3 Å². The van der Waals surface area contributed by atoms with E-state index in [2.05, 4.69) is 23.4 Å². The number of aromatic nitrogens is 1. The third kappa shape index (κ3) is 5.64. The van der Waals surface area contributed by atoms with E-state index in [0.29, 0.717) is 11.8 Å². The lowest BCUT2D eigenvalue weighted by molar-refractivity contribution is 0.0181. The van der Waals surface area contributed by atoms with Crippen molar-refractivity contribution in [2.45, 2.75) is 71.8 Å². The molecular weight excluding hydrogens is 404 g/mol. The topological polar surface area (TPSA) is 64.8 Å². The Hall–Kier alpha value is -2.50. The van der Waals surface area contributed by atoms with Gasteiger partial charge in [0.2, 0.25) is 5.58 Å². The van der Waals surface area contributed by atoms with E-state index in [-0.39, 0.29) is 6.09 Å². The Balaban J connectivity index is 1.37. The zero-order chi connectivity index (χ0) is 22.7. The highest BCUT2D eigenvalue weighted by Crippen LogP contribution is 2.36. The fourth-order valence-corrected chi connectivity index (χ4v) is 4.24. The molecule has 6 nitrogen and oxygen atoms in total. The molecule has 2 fully saturated rings. The lowest BCUT2D eigenvalue weighted by atomic mass is 9.91. The lowest BCUT2D eigenvalue weighted by Gasteiger charge is -2.33. The third-order valence-corrected chi connectivity index (χ3v) is 6.26. The Kier molecular flexibility index (Phi) is 6.77. The summed E-state index contributed by atoms with van der Waals surface area (Å²) in [6.45, 7) is 9.98. The second-order valence-corrected chi connectivity index (χ2v) is 10.2. The molecule has 2 aliphatic rings. The summed E-state index contributed by atoms with van der Waals surface area (Å²) in [4.78, 5) is 14.1. The van der Waals surface area contributed by atoms with Crippen molar-refractivity contribution < 1.29 is 18.8 Å². The molecule has 0 radical (unpaired) electrons. The van der Waals surface area contributed by atoms with Crippen LogP contribution in [0.2, 0.25) is 0 Å². The molecule has 0 unspecified atom stereocenters. The first kappa shape index (κ1) is 22.7. The standard InChI is InChI=1S/C26H36N2O4/c1-5-6-20-10-11-21-22(27-32-24(21)23(20)30-17-19-7-8-19)12-9-18-13-15-28(16-14-18)25(29)31-26(2,3)4/h5-6,10-11,18-19H,7-9,12-17H2,1-4H3/b6-5+. The number of ether oxygens (including phenoxy) is 2. The normalized spacial score (nSPS) is 17.9. The van der Waals surface area contributed by atoms with Gasteiger partial charge in [-0.05, 0) is 84.1 Å². The second-order valence-electron chi connectivity index (χ2n) is 10.2. The van der Waals surface area contributed by atoms with Crippen molar-refractivity contribution in [2.24, 2.45) is 11.8 Å². The van der Waals surface area contributed by atoms with Gasteiger partial charge in [0.25, 0.3) is 0 Å². The molecule has 1 aromatic carbocycles. The zero-order valence-electron chi connectivity index (χ0n) is 19.9. The van der Waals surface area contributed by atoms with Crippen molar-refractivity contribution in [1.82, 2.24) is 10.1 Å². The summed E-state index contributed by atoms with van der Waals surface area (Å²) in [5.41, 5.74) is 2.35. The van der Waals surface area contributed by atoms with Gasteiger partial charge < -0.3 is 18.9 Å². The van der Waals surface area contributed by atoms with E-state index in [1.807, 2.05) is 38.7 Å². The van der Waals surface area contributed by atoms with Crippen molar-refractivity contribution >= 4 is 23.1 Å². The number of amides is 1. The van der Waals surface area contributed by atoms with Gasteiger partial charge in [-0.2, -0.15) is 0 Å². The minimum atomic E-state index is -0.448. The number of aryl methyl sites for hydroxylation is 1. The average molecular weight is 441 g/mol. The van der Waals surface area contributed by atoms with Crippen LogP contribution in [0.4, 0.5) is 4.79 Å². The fraction of sp³-hybridized carbons (Fsp3) is 0.615. The number of likely N-dealkylation sites (tertiary alicyclic amines) is 1. The number of rotatable bonds is 7. The van der Waals surface area contributed by atoms with Crippen molar-refractivity contribution in [2.75, 3.05) is 19.7 Å². The summed E-state index contributed by atoms with van der Waals surface area (Å²) < 4.78 is 17.4. The highest BCUT2D eigenvalue weighted by molar-refractivity contribution is 5.88. The first-order valence-electron chi connectivity index (χ1n) is 12.0. The number of carbonyl (C=O) groups is 1. The quantitative estimate of drug-likeness (QED) is 0.511. The molecule has 2 heterocycles. The first-order chi connectivity index (χ1) is 15.3. The molecular formula is C26H36N2O4. The Morgan fingerprint density at radius 1 is 1.19 bits per heavy atom. The molecule has 0 atom stereocenters. The summed E-state index contributed by atoms with van der Waals surface area (Å²) in [5.74, 6) is 2.07. The van der Waals surface area contributed by atoms with Crippen LogP contribution in [0.1, 0.15) is 71.1 Å². The summed E-state index contributed by atoms with van der Waals surface area (Å²) >= 11 is 0. The molecule has 2 aromatic rings. The number of hydrogen-bond donors (Lipinski definition) is 0. The maximum atomic E-state index is 12.3. The molecule has 1 aromatic heterocycles. The summed E-state index contributed by atoms with van der Waals surface area (Å²) in [6, 6.07) is 4.20. The Morgan fingerprint density at radius 2 is 1.94 bits per heavy atom. The molecule has 0 N–H and O–H groups in total. The van der Waals surface area contributed by atoms with Crippen LogP contribution in [0.3, 0.4) is 0 Å². The Morgan fingerprint density at radius 3 is 2.59 bits per heavy atom. The van der Waals surface area contributed by atoms with Gasteiger partial charge in [-0.15, -0.1) is 0 Å². The van der Waals surface area contributed by atoms with E-state index >= 15 is 0 Å². The highest BCUT2D eigenvalue weighted by Gasteiger charge is 2.27. The summed E-state index contributed by atoms with van der Waals surface area (Å²) in [6.07, 6.45) is 10.3. The molecule has 1 amide bonds. The maximum absolute atomic E-state index is 12.3. The first-order valence-corrected chi connectivity index (χ1v) is 12.0. The molecule has 174 valence electrons. The Bertz CT molecular complexity index is 960. The molecule has 32 heavy (non-hydrogen) atoms. The van der Waals surface area contributed by atoms with E-state index in [0.717, 1.165) is 73.4 Å².